The summed E-state index contributed by atoms with van der Waals surface area (Å²) in [5.74, 6) is 0.113. The summed E-state index contributed by atoms with van der Waals surface area (Å²) in [6, 6.07) is 8.19. The van der Waals surface area contributed by atoms with Gasteiger partial charge in [0.15, 0.2) is 0 Å². The first kappa shape index (κ1) is 14.7. The van der Waals surface area contributed by atoms with E-state index in [0.717, 1.165) is 37.9 Å². The van der Waals surface area contributed by atoms with Gasteiger partial charge in [0.1, 0.15) is 0 Å². The zero-order valence-electron chi connectivity index (χ0n) is 12.9. The van der Waals surface area contributed by atoms with E-state index in [4.69, 9.17) is 0 Å². The Morgan fingerprint density at radius 3 is 3.05 bits per heavy atom. The van der Waals surface area contributed by atoms with E-state index in [9.17, 15) is 4.79 Å². The lowest BCUT2D eigenvalue weighted by Crippen LogP contribution is -2.35. The fourth-order valence-corrected chi connectivity index (χ4v) is 3.15. The minimum atomic E-state index is 0.113. The number of aromatic nitrogens is 2. The predicted molar refractivity (Wildman–Crippen MR) is 85.6 cm³/mol. The molecule has 4 nitrogen and oxygen atoms in total. The van der Waals surface area contributed by atoms with E-state index >= 15 is 0 Å². The number of likely N-dealkylation sites (tertiary alicyclic amines) is 1. The van der Waals surface area contributed by atoms with E-state index in [1.807, 2.05) is 30.2 Å². The molecule has 3 rings (SSSR count). The smallest absolute Gasteiger partial charge is 0.255 e. The summed E-state index contributed by atoms with van der Waals surface area (Å²) in [4.78, 5) is 22.9. The third-order valence-electron chi connectivity index (χ3n) is 4.27. The van der Waals surface area contributed by atoms with Crippen LogP contribution >= 0.6 is 0 Å². The highest BCUT2D eigenvalue weighted by molar-refractivity contribution is 5.94. The monoisotopic (exact) mass is 295 g/mol. The van der Waals surface area contributed by atoms with Crippen molar-refractivity contribution in [1.29, 1.82) is 0 Å². The van der Waals surface area contributed by atoms with E-state index in [-0.39, 0.29) is 5.91 Å². The summed E-state index contributed by atoms with van der Waals surface area (Å²) in [5, 5.41) is 0. The van der Waals surface area contributed by atoms with Crippen LogP contribution in [0.3, 0.4) is 0 Å². The van der Waals surface area contributed by atoms with Crippen LogP contribution in [0.4, 0.5) is 0 Å². The molecule has 0 saturated carbocycles. The second kappa shape index (κ2) is 6.69. The van der Waals surface area contributed by atoms with Crippen LogP contribution in [0.5, 0.6) is 0 Å². The highest BCUT2D eigenvalue weighted by atomic mass is 16.2. The van der Waals surface area contributed by atoms with Crippen molar-refractivity contribution in [2.45, 2.75) is 38.6 Å². The van der Waals surface area contributed by atoms with Gasteiger partial charge in [0.2, 0.25) is 0 Å². The number of carbonyl (C=O) groups excluding carboxylic acids is 1. The maximum absolute atomic E-state index is 12.6. The first-order chi connectivity index (χ1) is 10.7. The lowest BCUT2D eigenvalue weighted by molar-refractivity contribution is 0.0730. The molecule has 0 aromatic carbocycles. The number of rotatable bonds is 4. The van der Waals surface area contributed by atoms with Crippen molar-refractivity contribution in [1.82, 2.24) is 14.9 Å². The molecule has 2 aromatic heterocycles. The predicted octanol–water partition coefficient (Wildman–Crippen LogP) is 3.02. The first-order valence-electron chi connectivity index (χ1n) is 7.86. The molecule has 114 valence electrons. The second-order valence-electron chi connectivity index (χ2n) is 5.88. The standard InChI is InChI=1S/C18H21N3O/c1-14-12-15(8-10-20-14)6-7-17-5-3-11-21(17)18(22)16-4-2-9-19-13-16/h2,4,8-10,12-13,17H,3,5-7,11H2,1H3. The van der Waals surface area contributed by atoms with Crippen LogP contribution in [0.15, 0.2) is 42.9 Å². The molecule has 1 saturated heterocycles. The van der Waals surface area contributed by atoms with Crippen LogP contribution in [0.2, 0.25) is 0 Å². The number of nitrogens with zero attached hydrogens (tertiary/aromatic N) is 3. The summed E-state index contributed by atoms with van der Waals surface area (Å²) in [5.41, 5.74) is 3.04. The average Bonchev–Trinajstić information content (AvgIpc) is 3.01. The molecule has 0 radical (unpaired) electrons. The van der Waals surface area contributed by atoms with Gasteiger partial charge in [-0.1, -0.05) is 0 Å². The third kappa shape index (κ3) is 3.32. The van der Waals surface area contributed by atoms with Gasteiger partial charge in [-0.25, -0.2) is 0 Å². The molecule has 1 amide bonds. The van der Waals surface area contributed by atoms with Crippen LogP contribution < -0.4 is 0 Å². The molecule has 22 heavy (non-hydrogen) atoms. The zero-order chi connectivity index (χ0) is 15.4. The zero-order valence-corrected chi connectivity index (χ0v) is 12.9. The van der Waals surface area contributed by atoms with Crippen molar-refractivity contribution in [2.24, 2.45) is 0 Å². The van der Waals surface area contributed by atoms with Crippen molar-refractivity contribution in [3.63, 3.8) is 0 Å². The fraction of sp³-hybridized carbons (Fsp3) is 0.389. The molecule has 0 bridgehead atoms. The lowest BCUT2D eigenvalue weighted by atomic mass is 10.0. The van der Waals surface area contributed by atoms with Crippen LogP contribution in [0.1, 0.15) is 40.9 Å². The molecule has 1 fully saturated rings. The molecule has 0 spiro atoms. The molecular weight excluding hydrogens is 274 g/mol. The highest BCUT2D eigenvalue weighted by Crippen LogP contribution is 2.23. The summed E-state index contributed by atoms with van der Waals surface area (Å²) in [7, 11) is 0. The summed E-state index contributed by atoms with van der Waals surface area (Å²) in [6.45, 7) is 2.87. The molecule has 0 N–H and O–H groups in total. The van der Waals surface area contributed by atoms with Crippen molar-refractivity contribution in [2.75, 3.05) is 6.54 Å². The topological polar surface area (TPSA) is 46.1 Å². The van der Waals surface area contributed by atoms with Gasteiger partial charge in [-0.15, -0.1) is 0 Å². The Labute approximate surface area is 131 Å². The third-order valence-corrected chi connectivity index (χ3v) is 4.27. The molecule has 1 aliphatic heterocycles. The van der Waals surface area contributed by atoms with Gasteiger partial charge in [-0.3, -0.25) is 14.8 Å². The van der Waals surface area contributed by atoms with Crippen molar-refractivity contribution >= 4 is 5.91 Å². The van der Waals surface area contributed by atoms with Crippen molar-refractivity contribution in [3.8, 4) is 0 Å². The number of hydrogen-bond donors (Lipinski definition) is 0. The number of amides is 1. The Morgan fingerprint density at radius 2 is 2.27 bits per heavy atom. The Kier molecular flexibility index (Phi) is 4.47. The molecule has 1 unspecified atom stereocenters. The molecule has 1 atom stereocenters. The minimum absolute atomic E-state index is 0.113. The van der Waals surface area contributed by atoms with Crippen LogP contribution in [-0.2, 0) is 6.42 Å². The Bertz CT molecular complexity index is 642. The minimum Gasteiger partial charge on any atom is -0.336 e. The molecule has 3 heterocycles. The Balaban J connectivity index is 1.65. The van der Waals surface area contributed by atoms with Gasteiger partial charge in [0, 0.05) is 36.9 Å². The average molecular weight is 295 g/mol. The van der Waals surface area contributed by atoms with Gasteiger partial charge in [0.05, 0.1) is 5.56 Å². The SMILES string of the molecule is Cc1cc(CCC2CCCN2C(=O)c2cccnc2)ccn1. The van der Waals surface area contributed by atoms with E-state index < -0.39 is 0 Å². The molecule has 4 heteroatoms. The first-order valence-corrected chi connectivity index (χ1v) is 7.86. The number of carbonyl (C=O) groups is 1. The van der Waals surface area contributed by atoms with E-state index in [2.05, 4.69) is 22.1 Å². The number of hydrogen-bond acceptors (Lipinski definition) is 3. The molecule has 1 aliphatic rings. The van der Waals surface area contributed by atoms with Crippen molar-refractivity contribution in [3.05, 3.63) is 59.7 Å². The normalized spacial score (nSPS) is 17.7. The number of pyridine rings is 2. The van der Waals surface area contributed by atoms with E-state index in [0.29, 0.717) is 11.6 Å². The highest BCUT2D eigenvalue weighted by Gasteiger charge is 2.29. The second-order valence-corrected chi connectivity index (χ2v) is 5.88. The van der Waals surface area contributed by atoms with Gasteiger partial charge in [-0.2, -0.15) is 0 Å². The van der Waals surface area contributed by atoms with E-state index in [1.54, 1.807) is 12.4 Å². The quantitative estimate of drug-likeness (QED) is 0.871. The summed E-state index contributed by atoms with van der Waals surface area (Å²) in [6.07, 6.45) is 9.40. The van der Waals surface area contributed by atoms with Crippen LogP contribution in [0.25, 0.3) is 0 Å². The fourth-order valence-electron chi connectivity index (χ4n) is 3.15. The summed E-state index contributed by atoms with van der Waals surface area (Å²) >= 11 is 0. The lowest BCUT2D eigenvalue weighted by Gasteiger charge is -2.24. The largest absolute Gasteiger partial charge is 0.336 e. The Morgan fingerprint density at radius 1 is 1.36 bits per heavy atom. The van der Waals surface area contributed by atoms with Gasteiger partial charge < -0.3 is 4.90 Å². The molecule has 0 aliphatic carbocycles. The van der Waals surface area contributed by atoms with Gasteiger partial charge in [0.25, 0.3) is 5.91 Å². The maximum Gasteiger partial charge on any atom is 0.255 e. The van der Waals surface area contributed by atoms with Gasteiger partial charge >= 0.3 is 0 Å². The van der Waals surface area contributed by atoms with Crippen molar-refractivity contribution < 1.29 is 4.79 Å². The Hall–Kier alpha value is -2.23. The molecular formula is C18H21N3O. The summed E-state index contributed by atoms with van der Waals surface area (Å²) < 4.78 is 0. The van der Waals surface area contributed by atoms with Gasteiger partial charge in [-0.05, 0) is 62.4 Å². The van der Waals surface area contributed by atoms with Crippen LogP contribution in [-0.4, -0.2) is 33.4 Å². The van der Waals surface area contributed by atoms with Crippen LogP contribution in [0, 0.1) is 6.92 Å². The number of aryl methyl sites for hydroxylation is 2. The molecule has 2 aromatic rings. The maximum atomic E-state index is 12.6. The van der Waals surface area contributed by atoms with E-state index in [1.165, 1.54) is 5.56 Å².